The van der Waals surface area contributed by atoms with Crippen molar-refractivity contribution >= 4 is 6.29 Å². The first-order chi connectivity index (χ1) is 8.81. The molecule has 96 valence electrons. The average molecular weight is 243 g/mol. The lowest BCUT2D eigenvalue weighted by molar-refractivity contribution is -0.119. The highest BCUT2D eigenvalue weighted by Crippen LogP contribution is 2.37. The van der Waals surface area contributed by atoms with Crippen LogP contribution in [0.3, 0.4) is 0 Å². The molecule has 0 amide bonds. The van der Waals surface area contributed by atoms with Gasteiger partial charge in [-0.15, -0.1) is 0 Å². The minimum absolute atomic E-state index is 0.0553. The van der Waals surface area contributed by atoms with Gasteiger partial charge >= 0.3 is 0 Å². The van der Waals surface area contributed by atoms with E-state index in [0.717, 1.165) is 32.5 Å². The first kappa shape index (κ1) is 11.9. The SMILES string of the molecule is O=CC1(CN2Cc3ccccc3C2)CCCCC1. The quantitative estimate of drug-likeness (QED) is 0.760. The third kappa shape index (κ3) is 2.22. The van der Waals surface area contributed by atoms with Crippen molar-refractivity contribution in [3.05, 3.63) is 35.4 Å². The molecule has 1 aromatic carbocycles. The van der Waals surface area contributed by atoms with Crippen LogP contribution in [0.15, 0.2) is 24.3 Å². The third-order valence-electron chi connectivity index (χ3n) is 4.54. The molecule has 2 heteroatoms. The molecule has 1 aliphatic carbocycles. The summed E-state index contributed by atoms with van der Waals surface area (Å²) in [6, 6.07) is 8.64. The second-order valence-electron chi connectivity index (χ2n) is 5.95. The van der Waals surface area contributed by atoms with E-state index in [1.807, 2.05) is 0 Å². The van der Waals surface area contributed by atoms with Crippen LogP contribution >= 0.6 is 0 Å². The summed E-state index contributed by atoms with van der Waals surface area (Å²) >= 11 is 0. The molecule has 0 spiro atoms. The van der Waals surface area contributed by atoms with Gasteiger partial charge in [-0.1, -0.05) is 43.5 Å². The zero-order valence-electron chi connectivity index (χ0n) is 10.9. The summed E-state index contributed by atoms with van der Waals surface area (Å²) in [5.74, 6) is 0. The van der Waals surface area contributed by atoms with Crippen molar-refractivity contribution < 1.29 is 4.79 Å². The predicted molar refractivity (Wildman–Crippen MR) is 72.1 cm³/mol. The van der Waals surface area contributed by atoms with Crippen molar-refractivity contribution in [2.75, 3.05) is 6.54 Å². The van der Waals surface area contributed by atoms with Gasteiger partial charge in [0.05, 0.1) is 0 Å². The number of aldehydes is 1. The molecular weight excluding hydrogens is 222 g/mol. The number of hydrogen-bond donors (Lipinski definition) is 0. The molecule has 1 aliphatic heterocycles. The fourth-order valence-electron chi connectivity index (χ4n) is 3.53. The normalized spacial score (nSPS) is 22.7. The van der Waals surface area contributed by atoms with Crippen LogP contribution in [0.25, 0.3) is 0 Å². The lowest BCUT2D eigenvalue weighted by atomic mass is 9.75. The smallest absolute Gasteiger partial charge is 0.127 e. The first-order valence-corrected chi connectivity index (χ1v) is 7.07. The van der Waals surface area contributed by atoms with Gasteiger partial charge in [-0.25, -0.2) is 0 Å². The Hall–Kier alpha value is -1.15. The predicted octanol–water partition coefficient (Wildman–Crippen LogP) is 3.15. The van der Waals surface area contributed by atoms with E-state index in [4.69, 9.17) is 0 Å². The van der Waals surface area contributed by atoms with Crippen molar-refractivity contribution in [3.63, 3.8) is 0 Å². The molecule has 1 aromatic rings. The highest BCUT2D eigenvalue weighted by molar-refractivity contribution is 5.60. The molecule has 1 heterocycles. The van der Waals surface area contributed by atoms with Crippen molar-refractivity contribution in [3.8, 4) is 0 Å². The van der Waals surface area contributed by atoms with Crippen LogP contribution in [-0.4, -0.2) is 17.7 Å². The zero-order chi connectivity index (χ0) is 12.4. The van der Waals surface area contributed by atoms with E-state index >= 15 is 0 Å². The topological polar surface area (TPSA) is 20.3 Å². The standard InChI is InChI=1S/C16H21NO/c18-13-16(8-4-1-5-9-16)12-17-10-14-6-2-3-7-15(14)11-17/h2-3,6-7,13H,1,4-5,8-12H2. The summed E-state index contributed by atoms with van der Waals surface area (Å²) < 4.78 is 0. The summed E-state index contributed by atoms with van der Waals surface area (Å²) in [5.41, 5.74) is 2.82. The van der Waals surface area contributed by atoms with Gasteiger partial charge in [-0.3, -0.25) is 4.90 Å². The van der Waals surface area contributed by atoms with E-state index in [9.17, 15) is 4.79 Å². The van der Waals surface area contributed by atoms with E-state index in [-0.39, 0.29) is 5.41 Å². The number of carbonyl (C=O) groups excluding carboxylic acids is 1. The van der Waals surface area contributed by atoms with Crippen LogP contribution in [0.4, 0.5) is 0 Å². The lowest BCUT2D eigenvalue weighted by Crippen LogP contribution is -2.38. The second-order valence-corrected chi connectivity index (χ2v) is 5.95. The minimum Gasteiger partial charge on any atom is -0.303 e. The summed E-state index contributed by atoms with van der Waals surface area (Å²) in [6.07, 6.45) is 7.16. The highest BCUT2D eigenvalue weighted by Gasteiger charge is 2.35. The maximum atomic E-state index is 11.5. The Morgan fingerprint density at radius 1 is 1.06 bits per heavy atom. The van der Waals surface area contributed by atoms with Gasteiger partial charge in [0.1, 0.15) is 6.29 Å². The number of carbonyl (C=O) groups is 1. The molecule has 18 heavy (non-hydrogen) atoms. The molecule has 2 nitrogen and oxygen atoms in total. The molecule has 0 atom stereocenters. The van der Waals surface area contributed by atoms with Gasteiger partial charge < -0.3 is 4.79 Å². The Balaban J connectivity index is 1.69. The maximum Gasteiger partial charge on any atom is 0.127 e. The number of fused-ring (bicyclic) bond motifs is 1. The van der Waals surface area contributed by atoms with E-state index < -0.39 is 0 Å². The third-order valence-corrected chi connectivity index (χ3v) is 4.54. The Morgan fingerprint density at radius 2 is 1.67 bits per heavy atom. The van der Waals surface area contributed by atoms with Crippen LogP contribution in [0, 0.1) is 5.41 Å². The molecule has 0 saturated heterocycles. The molecule has 1 saturated carbocycles. The van der Waals surface area contributed by atoms with Crippen LogP contribution in [-0.2, 0) is 17.9 Å². The van der Waals surface area contributed by atoms with Gasteiger partial charge in [0.15, 0.2) is 0 Å². The van der Waals surface area contributed by atoms with E-state index in [2.05, 4.69) is 29.2 Å². The fraction of sp³-hybridized carbons (Fsp3) is 0.562. The first-order valence-electron chi connectivity index (χ1n) is 7.07. The second kappa shape index (κ2) is 4.85. The summed E-state index contributed by atoms with van der Waals surface area (Å²) in [6.45, 7) is 2.99. The molecular formula is C16H21NO. The van der Waals surface area contributed by atoms with Crippen LogP contribution < -0.4 is 0 Å². The van der Waals surface area contributed by atoms with E-state index in [1.165, 1.54) is 36.7 Å². The van der Waals surface area contributed by atoms with Crippen molar-refractivity contribution in [1.29, 1.82) is 0 Å². The number of rotatable bonds is 3. The van der Waals surface area contributed by atoms with Gasteiger partial charge in [-0.2, -0.15) is 0 Å². The summed E-state index contributed by atoms with van der Waals surface area (Å²) in [4.78, 5) is 14.0. The van der Waals surface area contributed by atoms with Gasteiger partial charge in [0.2, 0.25) is 0 Å². The van der Waals surface area contributed by atoms with Gasteiger partial charge in [0, 0.05) is 25.0 Å². The van der Waals surface area contributed by atoms with E-state index in [0.29, 0.717) is 0 Å². The Labute approximate surface area is 109 Å². The monoisotopic (exact) mass is 243 g/mol. The van der Waals surface area contributed by atoms with Gasteiger partial charge in [0.25, 0.3) is 0 Å². The Morgan fingerprint density at radius 3 is 2.22 bits per heavy atom. The molecule has 0 radical (unpaired) electrons. The van der Waals surface area contributed by atoms with E-state index in [1.54, 1.807) is 0 Å². The van der Waals surface area contributed by atoms with Gasteiger partial charge in [-0.05, 0) is 24.0 Å². The largest absolute Gasteiger partial charge is 0.303 e. The lowest BCUT2D eigenvalue weighted by Gasteiger charge is -2.35. The molecule has 0 bridgehead atoms. The highest BCUT2D eigenvalue weighted by atomic mass is 16.1. The maximum absolute atomic E-state index is 11.5. The molecule has 0 unspecified atom stereocenters. The fourth-order valence-corrected chi connectivity index (χ4v) is 3.53. The zero-order valence-corrected chi connectivity index (χ0v) is 10.9. The Kier molecular flexibility index (Phi) is 3.21. The van der Waals surface area contributed by atoms with Crippen LogP contribution in [0.5, 0.6) is 0 Å². The molecule has 0 aromatic heterocycles. The Bertz CT molecular complexity index is 409. The number of hydrogen-bond acceptors (Lipinski definition) is 2. The van der Waals surface area contributed by atoms with Crippen LogP contribution in [0.2, 0.25) is 0 Å². The molecule has 0 N–H and O–H groups in total. The molecule has 1 fully saturated rings. The minimum atomic E-state index is -0.0553. The molecule has 2 aliphatic rings. The molecule has 3 rings (SSSR count). The summed E-state index contributed by atoms with van der Waals surface area (Å²) in [5, 5.41) is 0. The average Bonchev–Trinajstić information content (AvgIpc) is 2.81. The summed E-state index contributed by atoms with van der Waals surface area (Å²) in [7, 11) is 0. The van der Waals surface area contributed by atoms with Crippen LogP contribution in [0.1, 0.15) is 43.2 Å². The van der Waals surface area contributed by atoms with Crippen molar-refractivity contribution in [1.82, 2.24) is 4.90 Å². The van der Waals surface area contributed by atoms with Crippen molar-refractivity contribution in [2.24, 2.45) is 5.41 Å². The number of benzene rings is 1. The number of nitrogens with zero attached hydrogens (tertiary/aromatic N) is 1. The van der Waals surface area contributed by atoms with Crippen molar-refractivity contribution in [2.45, 2.75) is 45.2 Å².